The third-order valence-corrected chi connectivity index (χ3v) is 5.27. The Morgan fingerprint density at radius 1 is 1.16 bits per heavy atom. The SMILES string of the molecule is CN(c1ccccc1)C1CCN(C(=O)C2(N)CCOCC2)CC1.Cl.Cl. The predicted octanol–water partition coefficient (Wildman–Crippen LogP) is 2.47. The molecule has 0 spiro atoms. The van der Waals surface area contributed by atoms with Gasteiger partial charge in [-0.3, -0.25) is 4.79 Å². The summed E-state index contributed by atoms with van der Waals surface area (Å²) in [7, 11) is 2.14. The summed E-state index contributed by atoms with van der Waals surface area (Å²) in [6.45, 7) is 2.77. The highest BCUT2D eigenvalue weighted by molar-refractivity contribution is 5.86. The Balaban J connectivity index is 0.00000156. The van der Waals surface area contributed by atoms with Crippen molar-refractivity contribution in [1.29, 1.82) is 0 Å². The minimum absolute atomic E-state index is 0. The summed E-state index contributed by atoms with van der Waals surface area (Å²) >= 11 is 0. The maximum absolute atomic E-state index is 12.8. The second-order valence-corrected chi connectivity index (χ2v) is 6.74. The summed E-state index contributed by atoms with van der Waals surface area (Å²) in [6.07, 6.45) is 3.25. The van der Waals surface area contributed by atoms with Gasteiger partial charge in [0, 0.05) is 45.1 Å². The molecule has 0 aliphatic carbocycles. The Morgan fingerprint density at radius 3 is 2.28 bits per heavy atom. The van der Waals surface area contributed by atoms with Gasteiger partial charge in [-0.2, -0.15) is 0 Å². The molecule has 2 N–H and O–H groups in total. The molecule has 2 heterocycles. The van der Waals surface area contributed by atoms with Gasteiger partial charge >= 0.3 is 0 Å². The largest absolute Gasteiger partial charge is 0.381 e. The van der Waals surface area contributed by atoms with Crippen LogP contribution in [0.25, 0.3) is 0 Å². The highest BCUT2D eigenvalue weighted by Gasteiger charge is 2.40. The van der Waals surface area contributed by atoms with Crippen LogP contribution in [-0.2, 0) is 9.53 Å². The average Bonchev–Trinajstić information content (AvgIpc) is 2.62. The smallest absolute Gasteiger partial charge is 0.242 e. The monoisotopic (exact) mass is 389 g/mol. The van der Waals surface area contributed by atoms with Gasteiger partial charge in [0.15, 0.2) is 0 Å². The molecule has 7 heteroatoms. The van der Waals surface area contributed by atoms with Crippen molar-refractivity contribution < 1.29 is 9.53 Å². The molecule has 1 aromatic rings. The highest BCUT2D eigenvalue weighted by Crippen LogP contribution is 2.25. The lowest BCUT2D eigenvalue weighted by atomic mass is 9.88. The van der Waals surface area contributed by atoms with Gasteiger partial charge < -0.3 is 20.3 Å². The van der Waals surface area contributed by atoms with E-state index in [1.54, 1.807) is 0 Å². The van der Waals surface area contributed by atoms with E-state index in [1.807, 2.05) is 11.0 Å². The van der Waals surface area contributed by atoms with Crippen molar-refractivity contribution in [3.8, 4) is 0 Å². The molecule has 0 bridgehead atoms. The number of piperidine rings is 1. The van der Waals surface area contributed by atoms with Gasteiger partial charge in [-0.05, 0) is 37.8 Å². The van der Waals surface area contributed by atoms with E-state index >= 15 is 0 Å². The fourth-order valence-electron chi connectivity index (χ4n) is 3.59. The van der Waals surface area contributed by atoms with Crippen LogP contribution in [0.15, 0.2) is 30.3 Å². The number of nitrogens with two attached hydrogens (primary N) is 1. The van der Waals surface area contributed by atoms with Gasteiger partial charge in [0.2, 0.25) is 5.91 Å². The Kier molecular flexibility index (Phi) is 8.48. The van der Waals surface area contributed by atoms with E-state index in [9.17, 15) is 4.79 Å². The van der Waals surface area contributed by atoms with E-state index in [-0.39, 0.29) is 30.7 Å². The Bertz CT molecular complexity index is 530. The molecular formula is C18H29Cl2N3O2. The first-order chi connectivity index (χ1) is 11.1. The number of halogens is 2. The maximum atomic E-state index is 12.8. The van der Waals surface area contributed by atoms with Gasteiger partial charge in [0.25, 0.3) is 0 Å². The molecule has 2 saturated heterocycles. The first-order valence-corrected chi connectivity index (χ1v) is 8.54. The summed E-state index contributed by atoms with van der Waals surface area (Å²) in [5.41, 5.74) is 6.86. The first-order valence-electron chi connectivity index (χ1n) is 8.54. The molecule has 2 fully saturated rings. The average molecular weight is 390 g/mol. The lowest BCUT2D eigenvalue weighted by Gasteiger charge is -2.42. The maximum Gasteiger partial charge on any atom is 0.242 e. The number of anilines is 1. The fraction of sp³-hybridized carbons (Fsp3) is 0.611. The summed E-state index contributed by atoms with van der Waals surface area (Å²) in [4.78, 5) is 17.0. The number of hydrogen-bond donors (Lipinski definition) is 1. The Labute approximate surface area is 162 Å². The van der Waals surface area contributed by atoms with E-state index in [0.29, 0.717) is 32.1 Å². The van der Waals surface area contributed by atoms with Crippen LogP contribution in [0.4, 0.5) is 5.69 Å². The number of ether oxygens (including phenoxy) is 1. The van der Waals surface area contributed by atoms with Gasteiger partial charge in [-0.15, -0.1) is 24.8 Å². The summed E-state index contributed by atoms with van der Waals surface area (Å²) in [6, 6.07) is 10.9. The number of para-hydroxylation sites is 1. The van der Waals surface area contributed by atoms with Crippen molar-refractivity contribution in [1.82, 2.24) is 4.90 Å². The molecule has 142 valence electrons. The van der Waals surface area contributed by atoms with Crippen LogP contribution in [-0.4, -0.2) is 55.7 Å². The minimum atomic E-state index is -0.712. The lowest BCUT2D eigenvalue weighted by Crippen LogP contribution is -2.60. The third kappa shape index (κ3) is 5.00. The molecule has 0 aromatic heterocycles. The van der Waals surface area contributed by atoms with Crippen LogP contribution in [0.2, 0.25) is 0 Å². The quantitative estimate of drug-likeness (QED) is 0.862. The highest BCUT2D eigenvalue weighted by atomic mass is 35.5. The van der Waals surface area contributed by atoms with Crippen molar-refractivity contribution in [2.45, 2.75) is 37.3 Å². The van der Waals surface area contributed by atoms with Crippen molar-refractivity contribution in [2.75, 3.05) is 38.3 Å². The molecule has 2 aliphatic heterocycles. The van der Waals surface area contributed by atoms with Crippen molar-refractivity contribution >= 4 is 36.4 Å². The first kappa shape index (κ1) is 22.0. The zero-order valence-corrected chi connectivity index (χ0v) is 16.4. The number of amides is 1. The number of likely N-dealkylation sites (tertiary alicyclic amines) is 1. The van der Waals surface area contributed by atoms with E-state index in [2.05, 4.69) is 36.2 Å². The summed E-state index contributed by atoms with van der Waals surface area (Å²) in [5, 5.41) is 0. The topological polar surface area (TPSA) is 58.8 Å². The van der Waals surface area contributed by atoms with Gasteiger partial charge in [0.1, 0.15) is 0 Å². The molecule has 1 aromatic carbocycles. The van der Waals surface area contributed by atoms with Crippen LogP contribution >= 0.6 is 24.8 Å². The number of rotatable bonds is 3. The molecule has 0 saturated carbocycles. The molecule has 0 atom stereocenters. The lowest BCUT2D eigenvalue weighted by molar-refractivity contribution is -0.141. The van der Waals surface area contributed by atoms with Crippen LogP contribution in [0.1, 0.15) is 25.7 Å². The van der Waals surface area contributed by atoms with Crippen molar-refractivity contribution in [3.05, 3.63) is 30.3 Å². The predicted molar refractivity (Wildman–Crippen MR) is 106 cm³/mol. The van der Waals surface area contributed by atoms with E-state index in [0.717, 1.165) is 25.9 Å². The molecular weight excluding hydrogens is 361 g/mol. The Hall–Kier alpha value is -1.01. The van der Waals surface area contributed by atoms with Crippen molar-refractivity contribution in [2.24, 2.45) is 5.73 Å². The van der Waals surface area contributed by atoms with Gasteiger partial charge in [-0.25, -0.2) is 0 Å². The van der Waals surface area contributed by atoms with Crippen molar-refractivity contribution in [3.63, 3.8) is 0 Å². The zero-order valence-electron chi connectivity index (χ0n) is 14.7. The van der Waals surface area contributed by atoms with Crippen LogP contribution in [0, 0.1) is 0 Å². The second kappa shape index (κ2) is 9.62. The minimum Gasteiger partial charge on any atom is -0.381 e. The number of nitrogens with zero attached hydrogens (tertiary/aromatic N) is 2. The van der Waals surface area contributed by atoms with Crippen LogP contribution in [0.3, 0.4) is 0 Å². The van der Waals surface area contributed by atoms with E-state index in [1.165, 1.54) is 5.69 Å². The number of benzene rings is 1. The third-order valence-electron chi connectivity index (χ3n) is 5.27. The second-order valence-electron chi connectivity index (χ2n) is 6.74. The molecule has 3 rings (SSSR count). The molecule has 0 radical (unpaired) electrons. The standard InChI is InChI=1S/C18H27N3O2.2ClH/c1-20(15-5-3-2-4-6-15)16-7-11-21(12-8-16)17(22)18(19)9-13-23-14-10-18;;/h2-6,16H,7-14,19H2,1H3;2*1H. The fourth-order valence-corrected chi connectivity index (χ4v) is 3.59. The van der Waals surface area contributed by atoms with E-state index in [4.69, 9.17) is 10.5 Å². The molecule has 1 amide bonds. The summed E-state index contributed by atoms with van der Waals surface area (Å²) < 4.78 is 5.34. The van der Waals surface area contributed by atoms with E-state index < -0.39 is 5.54 Å². The summed E-state index contributed by atoms with van der Waals surface area (Å²) in [5.74, 6) is 0.113. The zero-order chi connectivity index (χ0) is 16.3. The molecule has 2 aliphatic rings. The molecule has 25 heavy (non-hydrogen) atoms. The number of carbonyl (C=O) groups excluding carboxylic acids is 1. The van der Waals surface area contributed by atoms with Crippen LogP contribution in [0.5, 0.6) is 0 Å². The van der Waals surface area contributed by atoms with Gasteiger partial charge in [-0.1, -0.05) is 18.2 Å². The van der Waals surface area contributed by atoms with Crippen LogP contribution < -0.4 is 10.6 Å². The molecule has 0 unspecified atom stereocenters. The van der Waals surface area contributed by atoms with Gasteiger partial charge in [0.05, 0.1) is 5.54 Å². The number of hydrogen-bond acceptors (Lipinski definition) is 4. The number of carbonyl (C=O) groups is 1. The Morgan fingerprint density at radius 2 is 1.72 bits per heavy atom. The molecule has 5 nitrogen and oxygen atoms in total. The normalized spacial score (nSPS) is 20.2.